The number of hydrogen-bond acceptors (Lipinski definition) is 3. The molecule has 0 radical (unpaired) electrons. The maximum atomic E-state index is 5.27. The minimum atomic E-state index is 0.685. The average Bonchev–Trinajstić information content (AvgIpc) is 3.60. The molecule has 0 aliphatic heterocycles. The summed E-state index contributed by atoms with van der Waals surface area (Å²) in [6.07, 6.45) is 12.6. The molecule has 9 rings (SSSR count). The molecule has 0 spiro atoms. The summed E-state index contributed by atoms with van der Waals surface area (Å²) in [7, 11) is 0. The fourth-order valence-corrected chi connectivity index (χ4v) is 7.53. The molecule has 9 aromatic rings. The number of hydrogen-bond donors (Lipinski definition) is 0. The first-order chi connectivity index (χ1) is 27.7. The van der Waals surface area contributed by atoms with Crippen molar-refractivity contribution in [2.24, 2.45) is 0 Å². The van der Waals surface area contributed by atoms with Crippen molar-refractivity contribution in [1.29, 1.82) is 0 Å². The predicted octanol–water partition coefficient (Wildman–Crippen LogP) is 12.7. The third kappa shape index (κ3) is 6.88. The lowest BCUT2D eigenvalue weighted by molar-refractivity contribution is 1.16. The normalized spacial score (nSPS) is 11.8. The van der Waals surface area contributed by atoms with E-state index >= 15 is 0 Å². The van der Waals surface area contributed by atoms with Gasteiger partial charge < -0.3 is 4.57 Å². The summed E-state index contributed by atoms with van der Waals surface area (Å²) in [6, 6.07) is 59.5. The average molecular weight is 719 g/mol. The molecule has 0 saturated heterocycles. The number of rotatable bonds is 10. The first-order valence-corrected chi connectivity index (χ1v) is 18.8. The third-order valence-electron chi connectivity index (χ3n) is 10.2. The summed E-state index contributed by atoms with van der Waals surface area (Å²) in [5, 5.41) is 2.22. The van der Waals surface area contributed by atoms with Crippen LogP contribution in [0, 0.1) is 0 Å². The summed E-state index contributed by atoms with van der Waals surface area (Å²) in [5.74, 6) is 0.685. The van der Waals surface area contributed by atoms with E-state index in [9.17, 15) is 0 Å². The molecular weight excluding hydrogens is 681 g/mol. The SMILES string of the molecule is C=C/C=C\C=C(/c1ccccc1)c1ccccc1Cc1cccc(-c2nc(-c3ccccc3)cc(-c3ccc4c(c3)c3cnccc3n4-c3ccccc3)n2)c1. The highest BCUT2D eigenvalue weighted by molar-refractivity contribution is 6.10. The molecule has 56 heavy (non-hydrogen) atoms. The van der Waals surface area contributed by atoms with E-state index in [1.165, 1.54) is 27.8 Å². The van der Waals surface area contributed by atoms with E-state index in [0.29, 0.717) is 5.82 Å². The molecule has 0 saturated carbocycles. The van der Waals surface area contributed by atoms with Crippen LogP contribution in [0.1, 0.15) is 22.3 Å². The predicted molar refractivity (Wildman–Crippen MR) is 233 cm³/mol. The van der Waals surface area contributed by atoms with Crippen LogP contribution in [-0.4, -0.2) is 19.5 Å². The molecule has 266 valence electrons. The summed E-state index contributed by atoms with van der Waals surface area (Å²) in [5.41, 5.74) is 14.1. The Kier molecular flexibility index (Phi) is 9.51. The smallest absolute Gasteiger partial charge is 0.160 e. The fourth-order valence-electron chi connectivity index (χ4n) is 7.53. The van der Waals surface area contributed by atoms with Crippen LogP contribution in [-0.2, 0) is 6.42 Å². The van der Waals surface area contributed by atoms with Gasteiger partial charge in [-0.3, -0.25) is 4.98 Å². The van der Waals surface area contributed by atoms with E-state index in [0.717, 1.165) is 62.0 Å². The van der Waals surface area contributed by atoms with Gasteiger partial charge >= 0.3 is 0 Å². The van der Waals surface area contributed by atoms with Gasteiger partial charge in [-0.05, 0) is 76.7 Å². The zero-order chi connectivity index (χ0) is 37.7. The largest absolute Gasteiger partial charge is 0.309 e. The van der Waals surface area contributed by atoms with Crippen LogP contribution in [0.3, 0.4) is 0 Å². The monoisotopic (exact) mass is 718 g/mol. The highest BCUT2D eigenvalue weighted by atomic mass is 15.0. The lowest BCUT2D eigenvalue weighted by Gasteiger charge is -2.15. The molecule has 4 heteroatoms. The van der Waals surface area contributed by atoms with Crippen LogP contribution >= 0.6 is 0 Å². The van der Waals surface area contributed by atoms with Crippen molar-refractivity contribution in [2.45, 2.75) is 6.42 Å². The molecule has 0 amide bonds. The third-order valence-corrected chi connectivity index (χ3v) is 10.2. The zero-order valence-corrected chi connectivity index (χ0v) is 30.8. The molecule has 0 unspecified atom stereocenters. The van der Waals surface area contributed by atoms with Gasteiger partial charge in [0.25, 0.3) is 0 Å². The molecule has 0 atom stereocenters. The van der Waals surface area contributed by atoms with Crippen LogP contribution < -0.4 is 0 Å². The van der Waals surface area contributed by atoms with Gasteiger partial charge in [-0.25, -0.2) is 9.97 Å². The Morgan fingerprint density at radius 2 is 1.27 bits per heavy atom. The van der Waals surface area contributed by atoms with E-state index in [2.05, 4.69) is 186 Å². The van der Waals surface area contributed by atoms with Crippen molar-refractivity contribution < 1.29 is 0 Å². The molecule has 0 N–H and O–H groups in total. The van der Waals surface area contributed by atoms with E-state index in [1.54, 1.807) is 6.08 Å². The summed E-state index contributed by atoms with van der Waals surface area (Å²) in [4.78, 5) is 15.0. The van der Waals surface area contributed by atoms with Crippen LogP contribution in [0.5, 0.6) is 0 Å². The van der Waals surface area contributed by atoms with Crippen molar-refractivity contribution in [3.63, 3.8) is 0 Å². The van der Waals surface area contributed by atoms with Gasteiger partial charge in [-0.2, -0.15) is 0 Å². The van der Waals surface area contributed by atoms with Crippen molar-refractivity contribution >= 4 is 27.4 Å². The van der Waals surface area contributed by atoms with Crippen LogP contribution in [0.25, 0.3) is 67.0 Å². The Balaban J connectivity index is 1.14. The second kappa shape index (κ2) is 15.5. The highest BCUT2D eigenvalue weighted by Gasteiger charge is 2.17. The number of pyridine rings is 1. The first kappa shape index (κ1) is 34.3. The number of allylic oxidation sites excluding steroid dienone is 4. The van der Waals surface area contributed by atoms with Gasteiger partial charge in [0, 0.05) is 45.5 Å². The Morgan fingerprint density at radius 3 is 2.07 bits per heavy atom. The number of benzene rings is 6. The molecule has 6 aromatic carbocycles. The van der Waals surface area contributed by atoms with Crippen LogP contribution in [0.2, 0.25) is 0 Å². The van der Waals surface area contributed by atoms with Crippen molar-refractivity contribution in [3.8, 4) is 39.6 Å². The van der Waals surface area contributed by atoms with E-state index < -0.39 is 0 Å². The molecule has 4 nitrogen and oxygen atoms in total. The Morgan fingerprint density at radius 1 is 0.571 bits per heavy atom. The van der Waals surface area contributed by atoms with E-state index in [4.69, 9.17) is 9.97 Å². The summed E-state index contributed by atoms with van der Waals surface area (Å²) in [6.45, 7) is 3.86. The van der Waals surface area contributed by atoms with Crippen molar-refractivity contribution in [1.82, 2.24) is 19.5 Å². The van der Waals surface area contributed by atoms with Crippen LogP contribution in [0.4, 0.5) is 0 Å². The number of nitrogens with zero attached hydrogens (tertiary/aromatic N) is 4. The zero-order valence-electron chi connectivity index (χ0n) is 30.8. The first-order valence-electron chi connectivity index (χ1n) is 18.8. The van der Waals surface area contributed by atoms with Gasteiger partial charge in [0.2, 0.25) is 0 Å². The Labute approximate surface area is 327 Å². The maximum Gasteiger partial charge on any atom is 0.160 e. The number of aromatic nitrogens is 4. The standard InChI is InChI=1S/C52H38N4/c1-2-3-7-26-44(38-18-8-4-9-19-38)45-27-15-14-22-40(45)32-37-17-16-23-42(33-37)52-54-48(39-20-10-5-11-21-39)35-49(55-52)41-28-29-50-46(34-41)47-36-53-31-30-51(47)56(50)43-24-12-6-13-25-43/h2-31,33-36H,1,32H2/b7-3-,44-26+. The van der Waals surface area contributed by atoms with E-state index in [-0.39, 0.29) is 0 Å². The second-order valence-electron chi connectivity index (χ2n) is 13.7. The quantitative estimate of drug-likeness (QED) is 0.132. The van der Waals surface area contributed by atoms with E-state index in [1.807, 2.05) is 30.6 Å². The van der Waals surface area contributed by atoms with Crippen LogP contribution in [0.15, 0.2) is 213 Å². The lowest BCUT2D eigenvalue weighted by atomic mass is 9.90. The highest BCUT2D eigenvalue weighted by Crippen LogP contribution is 2.36. The molecular formula is C52H38N4. The maximum absolute atomic E-state index is 5.27. The molecule has 3 aromatic heterocycles. The fraction of sp³-hybridized carbons (Fsp3) is 0.0192. The molecule has 0 aliphatic carbocycles. The minimum Gasteiger partial charge on any atom is -0.309 e. The molecule has 3 heterocycles. The summed E-state index contributed by atoms with van der Waals surface area (Å²) >= 11 is 0. The Bertz CT molecular complexity index is 2890. The molecule has 0 fully saturated rings. The Hall–Kier alpha value is -7.43. The molecule has 0 aliphatic rings. The van der Waals surface area contributed by atoms with Gasteiger partial charge in [-0.15, -0.1) is 0 Å². The van der Waals surface area contributed by atoms with Gasteiger partial charge in [0.15, 0.2) is 5.82 Å². The second-order valence-corrected chi connectivity index (χ2v) is 13.7. The van der Waals surface area contributed by atoms with Gasteiger partial charge in [0.1, 0.15) is 0 Å². The van der Waals surface area contributed by atoms with Gasteiger partial charge in [0.05, 0.1) is 22.4 Å². The lowest BCUT2D eigenvalue weighted by Crippen LogP contribution is -1.99. The molecule has 0 bridgehead atoms. The minimum absolute atomic E-state index is 0.685. The van der Waals surface area contributed by atoms with Crippen molar-refractivity contribution in [2.75, 3.05) is 0 Å². The number of para-hydroxylation sites is 1. The van der Waals surface area contributed by atoms with Crippen molar-refractivity contribution in [3.05, 3.63) is 235 Å². The topological polar surface area (TPSA) is 43.6 Å². The number of fused-ring (bicyclic) bond motifs is 3. The van der Waals surface area contributed by atoms with Gasteiger partial charge in [-0.1, -0.05) is 158 Å². The summed E-state index contributed by atoms with van der Waals surface area (Å²) < 4.78 is 2.30.